The molecule has 0 bridgehead atoms. The van der Waals surface area contributed by atoms with Gasteiger partial charge in [0, 0.05) is 32.5 Å². The van der Waals surface area contributed by atoms with Crippen LogP contribution in [0.25, 0.3) is 0 Å². The van der Waals surface area contributed by atoms with Crippen molar-refractivity contribution >= 4 is 5.96 Å². The average Bonchev–Trinajstić information content (AvgIpc) is 3.34. The van der Waals surface area contributed by atoms with Gasteiger partial charge in [0.05, 0.1) is 6.54 Å². The van der Waals surface area contributed by atoms with Crippen LogP contribution in [0.2, 0.25) is 0 Å². The molecule has 140 valence electrons. The predicted molar refractivity (Wildman–Crippen MR) is 107 cm³/mol. The van der Waals surface area contributed by atoms with Crippen molar-refractivity contribution in [1.82, 2.24) is 20.2 Å². The molecule has 5 nitrogen and oxygen atoms in total. The number of hydrogen-bond donors (Lipinski definition) is 2. The fourth-order valence-corrected chi connectivity index (χ4v) is 3.71. The van der Waals surface area contributed by atoms with E-state index in [0.29, 0.717) is 6.54 Å². The van der Waals surface area contributed by atoms with Crippen molar-refractivity contribution in [1.29, 1.82) is 0 Å². The summed E-state index contributed by atoms with van der Waals surface area (Å²) in [7, 11) is 1.82. The second kappa shape index (κ2) is 10.00. The minimum Gasteiger partial charge on any atom is -0.356 e. The van der Waals surface area contributed by atoms with Crippen LogP contribution in [0.5, 0.6) is 0 Å². The van der Waals surface area contributed by atoms with Crippen LogP contribution in [0.3, 0.4) is 0 Å². The normalized spacial score (nSPS) is 15.3. The van der Waals surface area contributed by atoms with Crippen molar-refractivity contribution in [3.05, 3.63) is 54.1 Å². The molecule has 0 saturated heterocycles. The Morgan fingerprint density at radius 3 is 2.77 bits per heavy atom. The fraction of sp³-hybridized carbons (Fsp3) is 0.524. The molecule has 0 spiro atoms. The van der Waals surface area contributed by atoms with E-state index in [1.807, 2.05) is 25.5 Å². The van der Waals surface area contributed by atoms with E-state index in [0.717, 1.165) is 30.8 Å². The lowest BCUT2D eigenvalue weighted by Gasteiger charge is -2.14. The molecule has 1 heterocycles. The lowest BCUT2D eigenvalue weighted by molar-refractivity contribution is 0.481. The van der Waals surface area contributed by atoms with Crippen LogP contribution in [0.1, 0.15) is 49.9 Å². The van der Waals surface area contributed by atoms with Gasteiger partial charge >= 0.3 is 0 Å². The highest BCUT2D eigenvalue weighted by Crippen LogP contribution is 2.28. The first-order valence-corrected chi connectivity index (χ1v) is 9.83. The average molecular weight is 354 g/mol. The third kappa shape index (κ3) is 5.61. The van der Waals surface area contributed by atoms with Gasteiger partial charge < -0.3 is 15.2 Å². The molecule has 1 fully saturated rings. The minimum absolute atomic E-state index is 0.669. The maximum absolute atomic E-state index is 4.49. The van der Waals surface area contributed by atoms with E-state index in [9.17, 15) is 0 Å². The third-order valence-electron chi connectivity index (χ3n) is 5.19. The number of nitrogens with one attached hydrogen (secondary N) is 2. The van der Waals surface area contributed by atoms with Gasteiger partial charge in [-0.3, -0.25) is 4.99 Å². The molecule has 1 aliphatic carbocycles. The zero-order chi connectivity index (χ0) is 18.0. The maximum Gasteiger partial charge on any atom is 0.191 e. The summed E-state index contributed by atoms with van der Waals surface area (Å²) in [5.74, 6) is 2.82. The molecule has 0 radical (unpaired) electrons. The van der Waals surface area contributed by atoms with Gasteiger partial charge in [0.25, 0.3) is 0 Å². The number of aliphatic imine (C=N–C) groups is 1. The molecule has 1 aromatic heterocycles. The van der Waals surface area contributed by atoms with Gasteiger partial charge in [-0.2, -0.15) is 0 Å². The molecule has 26 heavy (non-hydrogen) atoms. The number of hydrogen-bond acceptors (Lipinski definition) is 2. The van der Waals surface area contributed by atoms with E-state index in [2.05, 4.69) is 49.4 Å². The van der Waals surface area contributed by atoms with Crippen LogP contribution in [0.4, 0.5) is 0 Å². The molecule has 0 unspecified atom stereocenters. The van der Waals surface area contributed by atoms with E-state index < -0.39 is 0 Å². The quantitative estimate of drug-likeness (QED) is 0.433. The Bertz CT molecular complexity index is 671. The lowest BCUT2D eigenvalue weighted by atomic mass is 10.0. The number of imidazole rings is 1. The van der Waals surface area contributed by atoms with Gasteiger partial charge in [-0.25, -0.2) is 4.98 Å². The Kier molecular flexibility index (Phi) is 7.11. The van der Waals surface area contributed by atoms with Crippen LogP contribution in [-0.2, 0) is 13.1 Å². The summed E-state index contributed by atoms with van der Waals surface area (Å²) >= 11 is 0. The van der Waals surface area contributed by atoms with Crippen LogP contribution >= 0.6 is 0 Å². The summed E-state index contributed by atoms with van der Waals surface area (Å²) in [6, 6.07) is 10.5. The largest absolute Gasteiger partial charge is 0.356 e. The summed E-state index contributed by atoms with van der Waals surface area (Å²) in [5.41, 5.74) is 1.28. The number of rotatable bonds is 8. The molecule has 0 aliphatic heterocycles. The van der Waals surface area contributed by atoms with Gasteiger partial charge in [-0.1, -0.05) is 56.0 Å². The molecule has 2 N–H and O–H groups in total. The van der Waals surface area contributed by atoms with Crippen LogP contribution in [0.15, 0.2) is 47.7 Å². The second-order valence-corrected chi connectivity index (χ2v) is 7.10. The van der Waals surface area contributed by atoms with Crippen molar-refractivity contribution in [3.8, 4) is 0 Å². The number of nitrogens with zero attached hydrogens (tertiary/aromatic N) is 3. The fourth-order valence-electron chi connectivity index (χ4n) is 3.71. The minimum atomic E-state index is 0.669. The van der Waals surface area contributed by atoms with E-state index in [1.165, 1.54) is 44.1 Å². The Labute approximate surface area is 156 Å². The summed E-state index contributed by atoms with van der Waals surface area (Å²) in [4.78, 5) is 8.81. The molecule has 5 heteroatoms. The Balaban J connectivity index is 1.41. The first-order chi connectivity index (χ1) is 12.8. The van der Waals surface area contributed by atoms with E-state index >= 15 is 0 Å². The Hall–Kier alpha value is -2.30. The zero-order valence-electron chi connectivity index (χ0n) is 15.8. The molecule has 0 atom stereocenters. The van der Waals surface area contributed by atoms with Crippen molar-refractivity contribution in [3.63, 3.8) is 0 Å². The van der Waals surface area contributed by atoms with Gasteiger partial charge in [-0.05, 0) is 24.3 Å². The summed E-state index contributed by atoms with van der Waals surface area (Å²) < 4.78 is 2.18. The molecule has 1 aromatic carbocycles. The Morgan fingerprint density at radius 2 is 2.00 bits per heavy atom. The SMILES string of the molecule is CN=C(NCCCC1CCCC1)NCc1nccn1Cc1ccccc1. The van der Waals surface area contributed by atoms with Crippen LogP contribution < -0.4 is 10.6 Å². The summed E-state index contributed by atoms with van der Waals surface area (Å²) in [6.07, 6.45) is 12.2. The maximum atomic E-state index is 4.49. The van der Waals surface area contributed by atoms with Crippen molar-refractivity contribution in [2.24, 2.45) is 10.9 Å². The van der Waals surface area contributed by atoms with Gasteiger partial charge in [-0.15, -0.1) is 0 Å². The molecular weight excluding hydrogens is 322 g/mol. The van der Waals surface area contributed by atoms with E-state index in [4.69, 9.17) is 0 Å². The highest BCUT2D eigenvalue weighted by Gasteiger charge is 2.14. The summed E-state index contributed by atoms with van der Waals surface area (Å²) in [6.45, 7) is 2.49. The summed E-state index contributed by atoms with van der Waals surface area (Å²) in [5, 5.41) is 6.81. The van der Waals surface area contributed by atoms with Crippen molar-refractivity contribution < 1.29 is 0 Å². The van der Waals surface area contributed by atoms with E-state index in [1.54, 1.807) is 0 Å². The molecular formula is C21H31N5. The second-order valence-electron chi connectivity index (χ2n) is 7.10. The molecule has 3 rings (SSSR count). The lowest BCUT2D eigenvalue weighted by Crippen LogP contribution is -2.38. The first kappa shape index (κ1) is 18.5. The van der Waals surface area contributed by atoms with Gasteiger partial charge in [0.15, 0.2) is 5.96 Å². The standard InChI is InChI=1S/C21H31N5/c1-22-21(24-13-7-12-18-8-5-6-9-18)25-16-20-23-14-15-26(20)17-19-10-3-2-4-11-19/h2-4,10-11,14-15,18H,5-9,12-13,16-17H2,1H3,(H2,22,24,25). The molecule has 2 aromatic rings. The molecule has 0 amide bonds. The predicted octanol–water partition coefficient (Wildman–Crippen LogP) is 3.57. The zero-order valence-corrected chi connectivity index (χ0v) is 15.8. The highest BCUT2D eigenvalue weighted by molar-refractivity contribution is 5.79. The van der Waals surface area contributed by atoms with Crippen LogP contribution in [-0.4, -0.2) is 29.1 Å². The monoisotopic (exact) mass is 353 g/mol. The number of aromatic nitrogens is 2. The molecule has 1 aliphatic rings. The highest BCUT2D eigenvalue weighted by atomic mass is 15.2. The topological polar surface area (TPSA) is 54.2 Å². The number of guanidine groups is 1. The Morgan fingerprint density at radius 1 is 1.19 bits per heavy atom. The third-order valence-corrected chi connectivity index (χ3v) is 5.19. The van der Waals surface area contributed by atoms with Crippen LogP contribution in [0, 0.1) is 5.92 Å². The number of benzene rings is 1. The van der Waals surface area contributed by atoms with Crippen molar-refractivity contribution in [2.75, 3.05) is 13.6 Å². The first-order valence-electron chi connectivity index (χ1n) is 9.83. The van der Waals surface area contributed by atoms with E-state index in [-0.39, 0.29) is 0 Å². The van der Waals surface area contributed by atoms with Gasteiger partial charge in [0.2, 0.25) is 0 Å². The smallest absolute Gasteiger partial charge is 0.191 e. The molecule has 1 saturated carbocycles. The van der Waals surface area contributed by atoms with Crippen molar-refractivity contribution in [2.45, 2.75) is 51.6 Å². The van der Waals surface area contributed by atoms with Gasteiger partial charge in [0.1, 0.15) is 5.82 Å².